The summed E-state index contributed by atoms with van der Waals surface area (Å²) in [4.78, 5) is 10.9. The van der Waals surface area contributed by atoms with Crippen LogP contribution in [0.2, 0.25) is 0 Å². The van der Waals surface area contributed by atoms with Gasteiger partial charge in [-0.15, -0.1) is 22.0 Å². The van der Waals surface area contributed by atoms with Crippen LogP contribution in [-0.4, -0.2) is 21.1 Å². The molecule has 5 nitrogen and oxygen atoms in total. The van der Waals surface area contributed by atoms with Gasteiger partial charge in [0.15, 0.2) is 5.03 Å². The second kappa shape index (κ2) is 2.70. The Morgan fingerprint density at radius 3 is 3.00 bits per heavy atom. The molecule has 0 atom stereocenters. The van der Waals surface area contributed by atoms with Gasteiger partial charge in [0.25, 0.3) is 0 Å². The number of nitrogens with zero attached hydrogens (tertiary/aromatic N) is 3. The number of hydrogen-bond acceptors (Lipinski definition) is 5. The highest BCUT2D eigenvalue weighted by Gasteiger charge is 1.99. The smallest absolute Gasteiger partial charge is 0.304 e. The molecule has 0 radical (unpaired) electrons. The van der Waals surface area contributed by atoms with E-state index in [0.717, 1.165) is 4.68 Å². The molecule has 0 aromatic carbocycles. The molecule has 1 aromatic rings. The van der Waals surface area contributed by atoms with Crippen LogP contribution in [0.3, 0.4) is 0 Å². The van der Waals surface area contributed by atoms with Gasteiger partial charge in [-0.05, 0) is 6.26 Å². The fourth-order valence-electron chi connectivity index (χ4n) is 0.468. The van der Waals surface area contributed by atoms with Gasteiger partial charge in [-0.25, -0.2) is 4.68 Å². The summed E-state index contributed by atoms with van der Waals surface area (Å²) in [6.07, 6.45) is 2.91. The zero-order valence-electron chi connectivity index (χ0n) is 5.31. The van der Waals surface area contributed by atoms with Gasteiger partial charge in [-0.2, -0.15) is 0 Å². The lowest BCUT2D eigenvalue weighted by molar-refractivity contribution is 0.755. The van der Waals surface area contributed by atoms with Gasteiger partial charge in [0.05, 0.1) is 0 Å². The van der Waals surface area contributed by atoms with Crippen LogP contribution in [0.5, 0.6) is 0 Å². The lowest BCUT2D eigenvalue weighted by Gasteiger charge is -1.95. The van der Waals surface area contributed by atoms with Gasteiger partial charge in [0, 0.05) is 0 Å². The van der Waals surface area contributed by atoms with Crippen molar-refractivity contribution >= 4 is 11.8 Å². The Bertz CT molecular complexity index is 283. The summed E-state index contributed by atoms with van der Waals surface area (Å²) in [6.45, 7) is 0. The van der Waals surface area contributed by atoms with E-state index < -0.39 is 0 Å². The van der Waals surface area contributed by atoms with Crippen molar-refractivity contribution in [1.29, 1.82) is 0 Å². The molecule has 54 valence electrons. The summed E-state index contributed by atoms with van der Waals surface area (Å²) in [6, 6.07) is 0. The largest absolute Gasteiger partial charge is 0.335 e. The molecule has 2 N–H and O–H groups in total. The van der Waals surface area contributed by atoms with Crippen molar-refractivity contribution in [2.45, 2.75) is 5.03 Å². The third-order valence-corrected chi connectivity index (χ3v) is 1.58. The molecule has 0 spiro atoms. The van der Waals surface area contributed by atoms with Crippen LogP contribution in [0.15, 0.2) is 16.1 Å². The van der Waals surface area contributed by atoms with Crippen LogP contribution in [0.25, 0.3) is 0 Å². The van der Waals surface area contributed by atoms with Gasteiger partial charge >= 0.3 is 5.56 Å². The Kier molecular flexibility index (Phi) is 1.91. The molecule has 0 aliphatic heterocycles. The Balaban J connectivity index is 3.28. The summed E-state index contributed by atoms with van der Waals surface area (Å²) in [5.41, 5.74) is -0.317. The van der Waals surface area contributed by atoms with Gasteiger partial charge in [-0.3, -0.25) is 4.79 Å². The van der Waals surface area contributed by atoms with E-state index in [1.54, 1.807) is 6.26 Å². The van der Waals surface area contributed by atoms with Gasteiger partial charge < -0.3 is 5.84 Å². The van der Waals surface area contributed by atoms with Crippen LogP contribution >= 0.6 is 11.8 Å². The Labute approximate surface area is 61.2 Å². The first kappa shape index (κ1) is 7.07. The van der Waals surface area contributed by atoms with Crippen molar-refractivity contribution in [2.24, 2.45) is 0 Å². The van der Waals surface area contributed by atoms with E-state index in [1.807, 2.05) is 0 Å². The number of nitrogen functional groups attached to an aromatic ring is 1. The average molecular weight is 158 g/mol. The molecule has 0 amide bonds. The van der Waals surface area contributed by atoms with E-state index in [9.17, 15) is 4.79 Å². The second-order valence-corrected chi connectivity index (χ2v) is 2.35. The van der Waals surface area contributed by atoms with Crippen LogP contribution in [0.1, 0.15) is 0 Å². The third-order valence-electron chi connectivity index (χ3n) is 0.935. The molecule has 1 aromatic heterocycles. The summed E-state index contributed by atoms with van der Waals surface area (Å²) in [5, 5.41) is 7.35. The maximum absolute atomic E-state index is 10.9. The first-order valence-electron chi connectivity index (χ1n) is 2.49. The van der Waals surface area contributed by atoms with E-state index in [-0.39, 0.29) is 5.56 Å². The molecule has 1 heterocycles. The van der Waals surface area contributed by atoms with Crippen molar-refractivity contribution in [1.82, 2.24) is 14.9 Å². The molecule has 1 rings (SSSR count). The van der Waals surface area contributed by atoms with Crippen LogP contribution in [-0.2, 0) is 0 Å². The van der Waals surface area contributed by atoms with E-state index in [4.69, 9.17) is 5.84 Å². The number of hydrogen-bond donors (Lipinski definition) is 1. The van der Waals surface area contributed by atoms with Crippen LogP contribution in [0.4, 0.5) is 0 Å². The van der Waals surface area contributed by atoms with Crippen LogP contribution in [0, 0.1) is 0 Å². The number of thioether (sulfide) groups is 1. The fourth-order valence-corrected chi connectivity index (χ4v) is 0.876. The minimum absolute atomic E-state index is 0.310. The van der Waals surface area contributed by atoms with Gasteiger partial charge in [-0.1, -0.05) is 0 Å². The van der Waals surface area contributed by atoms with E-state index in [1.165, 1.54) is 18.1 Å². The third kappa shape index (κ3) is 1.10. The number of rotatable bonds is 1. The fraction of sp³-hybridized carbons (Fsp3) is 0.250. The SMILES string of the molecule is CSc1nncn(N)c1=O. The molecule has 0 fully saturated rings. The van der Waals surface area contributed by atoms with Gasteiger partial charge in [0.2, 0.25) is 0 Å². The van der Waals surface area contributed by atoms with Crippen molar-refractivity contribution < 1.29 is 0 Å². The molecule has 0 aliphatic carbocycles. The van der Waals surface area contributed by atoms with Gasteiger partial charge in [0.1, 0.15) is 6.33 Å². The minimum atomic E-state index is -0.317. The van der Waals surface area contributed by atoms with Crippen molar-refractivity contribution in [3.8, 4) is 0 Å². The molecule has 0 saturated carbocycles. The summed E-state index contributed by atoms with van der Waals surface area (Å²) in [5.74, 6) is 5.18. The molecule has 0 aliphatic rings. The van der Waals surface area contributed by atoms with E-state index in [2.05, 4.69) is 10.2 Å². The van der Waals surface area contributed by atoms with Crippen LogP contribution < -0.4 is 11.4 Å². The highest BCUT2D eigenvalue weighted by atomic mass is 32.2. The first-order valence-corrected chi connectivity index (χ1v) is 3.71. The summed E-state index contributed by atoms with van der Waals surface area (Å²) < 4.78 is 0.902. The second-order valence-electron chi connectivity index (χ2n) is 1.55. The average Bonchev–Trinajstić information content (AvgIpc) is 1.95. The van der Waals surface area contributed by atoms with Crippen molar-refractivity contribution in [3.05, 3.63) is 16.7 Å². The Hall–Kier alpha value is -1.04. The first-order chi connectivity index (χ1) is 4.75. The molecule has 10 heavy (non-hydrogen) atoms. The minimum Gasteiger partial charge on any atom is -0.335 e. The van der Waals surface area contributed by atoms with Crippen molar-refractivity contribution in [2.75, 3.05) is 12.1 Å². The molecule has 0 bridgehead atoms. The maximum atomic E-state index is 10.9. The zero-order chi connectivity index (χ0) is 7.56. The summed E-state index contributed by atoms with van der Waals surface area (Å²) in [7, 11) is 0. The molecule has 0 unspecified atom stereocenters. The molecular weight excluding hydrogens is 152 g/mol. The predicted octanol–water partition coefficient (Wildman–Crippen LogP) is -0.926. The quantitative estimate of drug-likeness (QED) is 0.422. The van der Waals surface area contributed by atoms with E-state index in [0.29, 0.717) is 5.03 Å². The molecule has 0 saturated heterocycles. The van der Waals surface area contributed by atoms with E-state index >= 15 is 0 Å². The monoisotopic (exact) mass is 158 g/mol. The number of nitrogens with two attached hydrogens (primary N) is 1. The summed E-state index contributed by atoms with van der Waals surface area (Å²) >= 11 is 1.22. The zero-order valence-corrected chi connectivity index (χ0v) is 6.13. The predicted molar refractivity (Wildman–Crippen MR) is 38.2 cm³/mol. The Morgan fingerprint density at radius 2 is 2.50 bits per heavy atom. The molecule has 6 heteroatoms. The normalized spacial score (nSPS) is 9.70. The Morgan fingerprint density at radius 1 is 1.80 bits per heavy atom. The lowest BCUT2D eigenvalue weighted by atomic mass is 10.8. The highest BCUT2D eigenvalue weighted by molar-refractivity contribution is 7.98. The number of aromatic nitrogens is 3. The highest BCUT2D eigenvalue weighted by Crippen LogP contribution is 2.00. The maximum Gasteiger partial charge on any atom is 0.304 e. The van der Waals surface area contributed by atoms with Crippen molar-refractivity contribution in [3.63, 3.8) is 0 Å². The molecular formula is C4H6N4OS. The lowest BCUT2D eigenvalue weighted by Crippen LogP contribution is -2.29. The topological polar surface area (TPSA) is 73.8 Å². The standard InChI is InChI=1S/C4H6N4OS/c1-10-3-4(9)8(5)2-6-7-3/h2H,5H2,1H3.